The molecule has 2 heterocycles. The van der Waals surface area contributed by atoms with Crippen molar-refractivity contribution < 1.29 is 13.2 Å². The van der Waals surface area contributed by atoms with E-state index in [1.807, 2.05) is 0 Å². The number of nitrogens with zero attached hydrogens (tertiary/aromatic N) is 2. The molecule has 7 heteroatoms. The number of nitrogens with one attached hydrogen (secondary N) is 1. The van der Waals surface area contributed by atoms with Gasteiger partial charge in [0.2, 0.25) is 0 Å². The summed E-state index contributed by atoms with van der Waals surface area (Å²) in [5, 5.41) is 3.34. The molecule has 0 spiro atoms. The molecule has 0 saturated carbocycles. The average Bonchev–Trinajstić information content (AvgIpc) is 2.46. The van der Waals surface area contributed by atoms with E-state index in [1.54, 1.807) is 8.61 Å². The molecule has 0 unspecified atom stereocenters. The number of hydrogen-bond acceptors (Lipinski definition) is 4. The van der Waals surface area contributed by atoms with E-state index in [1.165, 1.54) is 0 Å². The van der Waals surface area contributed by atoms with E-state index in [0.717, 1.165) is 25.9 Å². The van der Waals surface area contributed by atoms with E-state index in [9.17, 15) is 8.42 Å². The molecule has 0 atom stereocenters. The van der Waals surface area contributed by atoms with Gasteiger partial charge in [-0.05, 0) is 31.8 Å². The highest BCUT2D eigenvalue weighted by molar-refractivity contribution is 7.86. The molecule has 2 saturated heterocycles. The topological polar surface area (TPSA) is 61.9 Å². The molecule has 2 fully saturated rings. The molecular weight excluding hydrogens is 266 g/mol. The molecule has 0 aromatic rings. The van der Waals surface area contributed by atoms with Crippen molar-refractivity contribution in [2.45, 2.75) is 19.8 Å². The van der Waals surface area contributed by atoms with Crippen LogP contribution in [0.15, 0.2) is 0 Å². The van der Waals surface area contributed by atoms with E-state index >= 15 is 0 Å². The molecule has 6 nitrogen and oxygen atoms in total. The Morgan fingerprint density at radius 1 is 1.11 bits per heavy atom. The third-order valence-corrected chi connectivity index (χ3v) is 5.91. The first-order chi connectivity index (χ1) is 9.14. The summed E-state index contributed by atoms with van der Waals surface area (Å²) in [6.45, 7) is 7.36. The van der Waals surface area contributed by atoms with Crippen molar-refractivity contribution in [2.24, 2.45) is 5.92 Å². The van der Waals surface area contributed by atoms with Gasteiger partial charge in [-0.25, -0.2) is 0 Å². The van der Waals surface area contributed by atoms with Crippen LogP contribution in [0.25, 0.3) is 0 Å². The van der Waals surface area contributed by atoms with Crippen LogP contribution in [0.1, 0.15) is 19.8 Å². The lowest BCUT2D eigenvalue weighted by molar-refractivity contribution is 0.0693. The van der Waals surface area contributed by atoms with Crippen molar-refractivity contribution in [3.8, 4) is 0 Å². The van der Waals surface area contributed by atoms with Crippen LogP contribution in [0, 0.1) is 5.92 Å². The largest absolute Gasteiger partial charge is 0.379 e. The van der Waals surface area contributed by atoms with Crippen LogP contribution in [0.3, 0.4) is 0 Å². The zero-order chi connectivity index (χ0) is 13.7. The second-order valence-corrected chi connectivity index (χ2v) is 7.10. The van der Waals surface area contributed by atoms with Crippen molar-refractivity contribution in [1.29, 1.82) is 0 Å². The average molecular weight is 291 g/mol. The summed E-state index contributed by atoms with van der Waals surface area (Å²) >= 11 is 0. The first-order valence-electron chi connectivity index (χ1n) is 7.18. The molecule has 1 N–H and O–H groups in total. The number of morpholine rings is 1. The highest BCUT2D eigenvalue weighted by Gasteiger charge is 2.33. The van der Waals surface area contributed by atoms with Gasteiger partial charge in [-0.1, -0.05) is 6.92 Å². The van der Waals surface area contributed by atoms with Gasteiger partial charge in [-0.15, -0.1) is 0 Å². The predicted molar refractivity (Wildman–Crippen MR) is 74.2 cm³/mol. The van der Waals surface area contributed by atoms with Crippen LogP contribution in [-0.2, 0) is 14.9 Å². The Bertz CT molecular complexity index is 360. The molecule has 0 aliphatic carbocycles. The van der Waals surface area contributed by atoms with E-state index in [0.29, 0.717) is 45.3 Å². The molecule has 2 aliphatic heterocycles. The summed E-state index contributed by atoms with van der Waals surface area (Å²) < 4.78 is 33.3. The van der Waals surface area contributed by atoms with Gasteiger partial charge < -0.3 is 10.1 Å². The van der Waals surface area contributed by atoms with Gasteiger partial charge in [0.25, 0.3) is 10.2 Å². The molecule has 2 rings (SSSR count). The zero-order valence-electron chi connectivity index (χ0n) is 11.7. The molecule has 0 aromatic carbocycles. The first kappa shape index (κ1) is 15.2. The number of hydrogen-bond donors (Lipinski definition) is 1. The van der Waals surface area contributed by atoms with Crippen LogP contribution in [-0.4, -0.2) is 69.5 Å². The van der Waals surface area contributed by atoms with Crippen molar-refractivity contribution >= 4 is 10.2 Å². The molecular formula is C12H25N3O3S. The summed E-state index contributed by atoms with van der Waals surface area (Å²) in [6, 6.07) is 0. The van der Waals surface area contributed by atoms with Gasteiger partial charge in [-0.3, -0.25) is 0 Å². The summed E-state index contributed by atoms with van der Waals surface area (Å²) in [5.74, 6) is 0.607. The monoisotopic (exact) mass is 291 g/mol. The SMILES string of the molecule is CCNCC1CCN(S(=O)(=O)N2CCOCC2)CC1. The summed E-state index contributed by atoms with van der Waals surface area (Å²) in [4.78, 5) is 0. The number of piperidine rings is 1. The van der Waals surface area contributed by atoms with Crippen LogP contribution in [0.4, 0.5) is 0 Å². The Hall–Kier alpha value is -0.210. The van der Waals surface area contributed by atoms with Crippen molar-refractivity contribution in [1.82, 2.24) is 13.9 Å². The van der Waals surface area contributed by atoms with Crippen molar-refractivity contribution in [3.63, 3.8) is 0 Å². The maximum Gasteiger partial charge on any atom is 0.282 e. The van der Waals surface area contributed by atoms with E-state index < -0.39 is 10.2 Å². The fraction of sp³-hybridized carbons (Fsp3) is 1.00. The maximum absolute atomic E-state index is 12.4. The standard InChI is InChI=1S/C12H25N3O3S/c1-2-13-11-12-3-5-14(6-4-12)19(16,17)15-7-9-18-10-8-15/h12-13H,2-11H2,1H3. The van der Waals surface area contributed by atoms with Crippen LogP contribution in [0.5, 0.6) is 0 Å². The Balaban J connectivity index is 1.85. The molecule has 0 amide bonds. The smallest absolute Gasteiger partial charge is 0.282 e. The minimum atomic E-state index is -3.26. The molecule has 0 radical (unpaired) electrons. The minimum Gasteiger partial charge on any atom is -0.379 e. The van der Waals surface area contributed by atoms with Crippen molar-refractivity contribution in [3.05, 3.63) is 0 Å². The Kier molecular flexibility index (Phi) is 5.58. The molecule has 112 valence electrons. The van der Waals surface area contributed by atoms with E-state index in [-0.39, 0.29) is 0 Å². The van der Waals surface area contributed by atoms with Gasteiger partial charge >= 0.3 is 0 Å². The molecule has 0 bridgehead atoms. The third-order valence-electron chi connectivity index (χ3n) is 3.88. The summed E-state index contributed by atoms with van der Waals surface area (Å²) in [7, 11) is -3.26. The quantitative estimate of drug-likeness (QED) is 0.767. The lowest BCUT2D eigenvalue weighted by Crippen LogP contribution is -2.51. The molecule has 0 aromatic heterocycles. The maximum atomic E-state index is 12.4. The van der Waals surface area contributed by atoms with Gasteiger partial charge in [-0.2, -0.15) is 17.0 Å². The third kappa shape index (κ3) is 3.88. The Morgan fingerprint density at radius 2 is 1.68 bits per heavy atom. The molecule has 19 heavy (non-hydrogen) atoms. The van der Waals surface area contributed by atoms with Crippen molar-refractivity contribution in [2.75, 3.05) is 52.5 Å². The lowest BCUT2D eigenvalue weighted by atomic mass is 9.98. The second kappa shape index (κ2) is 6.99. The fourth-order valence-electron chi connectivity index (χ4n) is 2.63. The normalized spacial score (nSPS) is 24.7. The predicted octanol–water partition coefficient (Wildman–Crippen LogP) is -0.115. The molecule has 2 aliphatic rings. The number of ether oxygens (including phenoxy) is 1. The highest BCUT2D eigenvalue weighted by Crippen LogP contribution is 2.21. The first-order valence-corrected chi connectivity index (χ1v) is 8.58. The second-order valence-electron chi connectivity index (χ2n) is 5.17. The fourth-order valence-corrected chi connectivity index (χ4v) is 4.24. The van der Waals surface area contributed by atoms with Gasteiger partial charge in [0, 0.05) is 26.2 Å². The van der Waals surface area contributed by atoms with Crippen LogP contribution >= 0.6 is 0 Å². The Morgan fingerprint density at radius 3 is 2.26 bits per heavy atom. The zero-order valence-corrected chi connectivity index (χ0v) is 12.5. The van der Waals surface area contributed by atoms with Gasteiger partial charge in [0.1, 0.15) is 0 Å². The van der Waals surface area contributed by atoms with Crippen LogP contribution < -0.4 is 5.32 Å². The van der Waals surface area contributed by atoms with E-state index in [2.05, 4.69) is 12.2 Å². The van der Waals surface area contributed by atoms with E-state index in [4.69, 9.17) is 4.74 Å². The highest BCUT2D eigenvalue weighted by atomic mass is 32.2. The van der Waals surface area contributed by atoms with Gasteiger partial charge in [0.15, 0.2) is 0 Å². The minimum absolute atomic E-state index is 0.486. The number of rotatable bonds is 5. The lowest BCUT2D eigenvalue weighted by Gasteiger charge is -2.36. The van der Waals surface area contributed by atoms with Crippen LogP contribution in [0.2, 0.25) is 0 Å². The Labute approximate surface area is 116 Å². The van der Waals surface area contributed by atoms with Gasteiger partial charge in [0.05, 0.1) is 13.2 Å². The summed E-state index contributed by atoms with van der Waals surface area (Å²) in [5.41, 5.74) is 0. The summed E-state index contributed by atoms with van der Waals surface area (Å²) in [6.07, 6.45) is 1.91.